The fourth-order valence-corrected chi connectivity index (χ4v) is 2.51. The molecule has 3 rings (SSSR count). The van der Waals surface area contributed by atoms with Crippen LogP contribution < -0.4 is 5.32 Å². The van der Waals surface area contributed by atoms with Crippen LogP contribution in [0.2, 0.25) is 0 Å². The molecule has 1 aromatic carbocycles. The van der Waals surface area contributed by atoms with Crippen molar-refractivity contribution >= 4 is 5.91 Å². The van der Waals surface area contributed by atoms with Gasteiger partial charge in [-0.2, -0.15) is 0 Å². The van der Waals surface area contributed by atoms with Gasteiger partial charge in [-0.05, 0) is 36.7 Å². The van der Waals surface area contributed by atoms with Crippen LogP contribution in [0.4, 0.5) is 4.39 Å². The highest BCUT2D eigenvalue weighted by molar-refractivity contribution is 5.98. The van der Waals surface area contributed by atoms with E-state index in [1.807, 2.05) is 4.90 Å². The molecule has 0 saturated carbocycles. The monoisotopic (exact) mass is 220 g/mol. The highest BCUT2D eigenvalue weighted by atomic mass is 19.1. The largest absolute Gasteiger partial charge is 0.330 e. The quantitative estimate of drug-likeness (QED) is 0.769. The van der Waals surface area contributed by atoms with Crippen LogP contribution in [0, 0.1) is 5.82 Å². The number of fused-ring (bicyclic) bond motifs is 1. The number of carbonyl (C=O) groups excluding carboxylic acids is 1. The molecular formula is C12H13FN2O. The number of halogens is 1. The molecule has 1 fully saturated rings. The van der Waals surface area contributed by atoms with Crippen LogP contribution in [-0.2, 0) is 6.54 Å². The summed E-state index contributed by atoms with van der Waals surface area (Å²) in [6.45, 7) is 2.36. The third-order valence-electron chi connectivity index (χ3n) is 3.37. The van der Waals surface area contributed by atoms with E-state index in [4.69, 9.17) is 0 Å². The Morgan fingerprint density at radius 2 is 2.31 bits per heavy atom. The third-order valence-corrected chi connectivity index (χ3v) is 3.37. The molecule has 0 aromatic heterocycles. The number of hydrogen-bond acceptors (Lipinski definition) is 2. The Labute approximate surface area is 93.2 Å². The second-order valence-electron chi connectivity index (χ2n) is 4.38. The molecule has 0 spiro atoms. The van der Waals surface area contributed by atoms with Gasteiger partial charge in [-0.3, -0.25) is 4.79 Å². The Bertz CT molecular complexity index is 441. The molecule has 1 atom stereocenters. The summed E-state index contributed by atoms with van der Waals surface area (Å²) >= 11 is 0. The Hall–Kier alpha value is -1.42. The fraction of sp³-hybridized carbons (Fsp3) is 0.417. The second-order valence-corrected chi connectivity index (χ2v) is 4.38. The summed E-state index contributed by atoms with van der Waals surface area (Å²) in [4.78, 5) is 13.9. The van der Waals surface area contributed by atoms with E-state index >= 15 is 0 Å². The molecule has 4 heteroatoms. The number of rotatable bonds is 1. The molecule has 1 saturated heterocycles. The summed E-state index contributed by atoms with van der Waals surface area (Å²) in [5.41, 5.74) is 1.48. The summed E-state index contributed by atoms with van der Waals surface area (Å²) in [6, 6.07) is 4.68. The first-order valence-corrected chi connectivity index (χ1v) is 5.56. The Balaban J connectivity index is 1.90. The standard InChI is InChI=1S/C12H13FN2O/c13-9-1-2-11-8(5-9)7-15(12(11)16)10-3-4-14-6-10/h1-2,5,10,14H,3-4,6-7H2/t10-/m0/s1. The molecule has 0 aliphatic carbocycles. The SMILES string of the molecule is O=C1c2ccc(F)cc2CN1[C@H]1CCNC1. The first-order chi connectivity index (χ1) is 7.75. The van der Waals surface area contributed by atoms with Crippen LogP contribution in [0.25, 0.3) is 0 Å². The minimum atomic E-state index is -0.266. The van der Waals surface area contributed by atoms with Gasteiger partial charge in [-0.1, -0.05) is 0 Å². The van der Waals surface area contributed by atoms with E-state index in [1.54, 1.807) is 6.07 Å². The summed E-state index contributed by atoms with van der Waals surface area (Å²) in [6.07, 6.45) is 0.988. The lowest BCUT2D eigenvalue weighted by atomic mass is 10.1. The van der Waals surface area contributed by atoms with Crippen LogP contribution >= 0.6 is 0 Å². The molecule has 0 radical (unpaired) electrons. The molecule has 2 heterocycles. The highest BCUT2D eigenvalue weighted by Crippen LogP contribution is 2.26. The van der Waals surface area contributed by atoms with Gasteiger partial charge in [0.15, 0.2) is 0 Å². The molecule has 2 aliphatic heterocycles. The highest BCUT2D eigenvalue weighted by Gasteiger charge is 2.33. The number of hydrogen-bond donors (Lipinski definition) is 1. The minimum Gasteiger partial charge on any atom is -0.330 e. The molecule has 16 heavy (non-hydrogen) atoms. The van der Waals surface area contributed by atoms with Gasteiger partial charge in [0.25, 0.3) is 5.91 Å². The van der Waals surface area contributed by atoms with E-state index < -0.39 is 0 Å². The number of carbonyl (C=O) groups is 1. The van der Waals surface area contributed by atoms with Crippen molar-refractivity contribution in [1.82, 2.24) is 10.2 Å². The zero-order chi connectivity index (χ0) is 11.1. The number of amides is 1. The summed E-state index contributed by atoms with van der Waals surface area (Å²) < 4.78 is 13.1. The minimum absolute atomic E-state index is 0.0451. The molecule has 1 amide bonds. The van der Waals surface area contributed by atoms with Crippen molar-refractivity contribution in [1.29, 1.82) is 0 Å². The maximum Gasteiger partial charge on any atom is 0.254 e. The van der Waals surface area contributed by atoms with Crippen LogP contribution in [0.15, 0.2) is 18.2 Å². The Morgan fingerprint density at radius 1 is 1.44 bits per heavy atom. The normalized spacial score (nSPS) is 23.9. The van der Waals surface area contributed by atoms with Gasteiger partial charge in [0.05, 0.1) is 0 Å². The van der Waals surface area contributed by atoms with Crippen molar-refractivity contribution in [3.8, 4) is 0 Å². The zero-order valence-corrected chi connectivity index (χ0v) is 8.87. The van der Waals surface area contributed by atoms with E-state index in [0.29, 0.717) is 12.1 Å². The van der Waals surface area contributed by atoms with Crippen molar-refractivity contribution in [2.75, 3.05) is 13.1 Å². The van der Waals surface area contributed by atoms with Gasteiger partial charge >= 0.3 is 0 Å². The first kappa shape index (κ1) is 9.78. The van der Waals surface area contributed by atoms with E-state index in [0.717, 1.165) is 25.1 Å². The molecule has 0 unspecified atom stereocenters. The van der Waals surface area contributed by atoms with E-state index in [1.165, 1.54) is 12.1 Å². The van der Waals surface area contributed by atoms with Crippen LogP contribution in [0.5, 0.6) is 0 Å². The second kappa shape index (κ2) is 3.56. The van der Waals surface area contributed by atoms with Gasteiger partial charge in [0, 0.05) is 24.7 Å². The fourth-order valence-electron chi connectivity index (χ4n) is 2.51. The zero-order valence-electron chi connectivity index (χ0n) is 8.87. The molecule has 3 nitrogen and oxygen atoms in total. The average Bonchev–Trinajstić information content (AvgIpc) is 2.86. The van der Waals surface area contributed by atoms with E-state index in [-0.39, 0.29) is 17.8 Å². The Morgan fingerprint density at radius 3 is 3.06 bits per heavy atom. The predicted octanol–water partition coefficient (Wildman–Crippen LogP) is 1.14. The van der Waals surface area contributed by atoms with Crippen molar-refractivity contribution in [3.63, 3.8) is 0 Å². The van der Waals surface area contributed by atoms with E-state index in [9.17, 15) is 9.18 Å². The molecule has 84 valence electrons. The topological polar surface area (TPSA) is 32.3 Å². The third kappa shape index (κ3) is 1.41. The molecule has 1 N–H and O–H groups in total. The van der Waals surface area contributed by atoms with Gasteiger partial charge in [0.1, 0.15) is 5.82 Å². The molecular weight excluding hydrogens is 207 g/mol. The summed E-state index contributed by atoms with van der Waals surface area (Å²) in [7, 11) is 0. The lowest BCUT2D eigenvalue weighted by Gasteiger charge is -2.22. The van der Waals surface area contributed by atoms with Crippen molar-refractivity contribution in [3.05, 3.63) is 35.1 Å². The summed E-state index contributed by atoms with van der Waals surface area (Å²) in [5.74, 6) is -0.221. The maximum atomic E-state index is 13.1. The van der Waals surface area contributed by atoms with Crippen molar-refractivity contribution < 1.29 is 9.18 Å². The summed E-state index contributed by atoms with van der Waals surface area (Å²) in [5, 5.41) is 3.24. The van der Waals surface area contributed by atoms with Crippen LogP contribution in [0.3, 0.4) is 0 Å². The van der Waals surface area contributed by atoms with Gasteiger partial charge in [-0.15, -0.1) is 0 Å². The molecule has 1 aromatic rings. The predicted molar refractivity (Wildman–Crippen MR) is 57.5 cm³/mol. The molecule has 2 aliphatic rings. The first-order valence-electron chi connectivity index (χ1n) is 5.56. The molecule has 0 bridgehead atoms. The van der Waals surface area contributed by atoms with Crippen molar-refractivity contribution in [2.24, 2.45) is 0 Å². The number of benzene rings is 1. The van der Waals surface area contributed by atoms with Crippen LogP contribution in [0.1, 0.15) is 22.3 Å². The van der Waals surface area contributed by atoms with Crippen LogP contribution in [-0.4, -0.2) is 29.9 Å². The lowest BCUT2D eigenvalue weighted by Crippen LogP contribution is -2.36. The average molecular weight is 220 g/mol. The lowest BCUT2D eigenvalue weighted by molar-refractivity contribution is 0.0717. The van der Waals surface area contributed by atoms with Gasteiger partial charge in [0.2, 0.25) is 0 Å². The van der Waals surface area contributed by atoms with Gasteiger partial charge in [-0.25, -0.2) is 4.39 Å². The maximum absolute atomic E-state index is 13.1. The smallest absolute Gasteiger partial charge is 0.254 e. The van der Waals surface area contributed by atoms with Crippen molar-refractivity contribution in [2.45, 2.75) is 19.0 Å². The van der Waals surface area contributed by atoms with E-state index in [2.05, 4.69) is 5.32 Å². The van der Waals surface area contributed by atoms with Gasteiger partial charge < -0.3 is 10.2 Å². The number of nitrogens with zero attached hydrogens (tertiary/aromatic N) is 1. The Kier molecular flexibility index (Phi) is 2.17. The number of nitrogens with one attached hydrogen (secondary N) is 1.